The first-order chi connectivity index (χ1) is 8.33. The second kappa shape index (κ2) is 2.95. The predicted molar refractivity (Wildman–Crippen MR) is 68.9 cm³/mol. The van der Waals surface area contributed by atoms with Crippen LogP contribution in [0.15, 0.2) is 51.3 Å². The van der Waals surface area contributed by atoms with Crippen LogP contribution in [0.1, 0.15) is 0 Å². The summed E-state index contributed by atoms with van der Waals surface area (Å²) in [6, 6.07) is 13.7. The molecule has 17 heavy (non-hydrogen) atoms. The average Bonchev–Trinajstić information content (AvgIpc) is 2.87. The van der Waals surface area contributed by atoms with E-state index in [0.29, 0.717) is 5.66 Å². The highest BCUT2D eigenvalue weighted by atomic mass is 16.3. The molecule has 4 rings (SSSR count). The molecule has 0 saturated carbocycles. The molecule has 0 atom stereocenters. The van der Waals surface area contributed by atoms with Crippen molar-refractivity contribution in [2.24, 2.45) is 0 Å². The van der Waals surface area contributed by atoms with Crippen LogP contribution in [0.4, 0.5) is 0 Å². The van der Waals surface area contributed by atoms with E-state index in [0.717, 1.165) is 32.9 Å². The van der Waals surface area contributed by atoms with Gasteiger partial charge in [0.05, 0.1) is 5.39 Å². The lowest BCUT2D eigenvalue weighted by molar-refractivity contribution is 0.651. The summed E-state index contributed by atoms with van der Waals surface area (Å²) in [5, 5.41) is 3.13. The predicted octanol–water partition coefficient (Wildman–Crippen LogP) is 3.13. The Balaban J connectivity index is 2.33. The normalized spacial score (nSPS) is 11.8. The van der Waals surface area contributed by atoms with Crippen LogP contribution in [0.2, 0.25) is 0 Å². The monoisotopic (exact) mass is 218 g/mol. The molecule has 4 aromatic rings. The number of fused-ring (bicyclic) bond motifs is 5. The highest BCUT2D eigenvalue weighted by Crippen LogP contribution is 2.33. The van der Waals surface area contributed by atoms with Gasteiger partial charge in [0.2, 0.25) is 0 Å². The van der Waals surface area contributed by atoms with E-state index in [2.05, 4.69) is 6.07 Å². The van der Waals surface area contributed by atoms with E-state index in [9.17, 15) is 0 Å². The highest BCUT2D eigenvalue weighted by Gasteiger charge is 2.11. The highest BCUT2D eigenvalue weighted by molar-refractivity contribution is 6.32. The quantitative estimate of drug-likeness (QED) is 0.424. The second-order valence-electron chi connectivity index (χ2n) is 4.10. The molecule has 0 N–H and O–H groups in total. The third-order valence-corrected chi connectivity index (χ3v) is 3.06. The standard InChI is InChI=1S/C14H7BO2/c15-13-7-10-12(16-13)6-5-9-8-3-1-2-4-11(8)17-14(9)10/h1-7H. The van der Waals surface area contributed by atoms with Crippen LogP contribution >= 0.6 is 0 Å². The Kier molecular flexibility index (Phi) is 1.55. The van der Waals surface area contributed by atoms with Gasteiger partial charge in [-0.2, -0.15) is 0 Å². The molecule has 0 aliphatic heterocycles. The Labute approximate surface area is 98.2 Å². The zero-order valence-corrected chi connectivity index (χ0v) is 8.94. The lowest BCUT2D eigenvalue weighted by atomic mass is 10.1. The summed E-state index contributed by atoms with van der Waals surface area (Å²) < 4.78 is 11.3. The molecule has 3 heteroatoms. The van der Waals surface area contributed by atoms with Gasteiger partial charge in [-0.15, -0.1) is 0 Å². The lowest BCUT2D eigenvalue weighted by Gasteiger charge is -1.89. The third kappa shape index (κ3) is 1.11. The molecule has 2 nitrogen and oxygen atoms in total. The average molecular weight is 218 g/mol. The number of hydrogen-bond donors (Lipinski definition) is 0. The first-order valence-corrected chi connectivity index (χ1v) is 5.42. The molecule has 0 saturated heterocycles. The maximum absolute atomic E-state index is 5.86. The molecule has 0 spiro atoms. The number of hydrogen-bond acceptors (Lipinski definition) is 2. The van der Waals surface area contributed by atoms with Gasteiger partial charge in [0.1, 0.15) is 16.7 Å². The molecular weight excluding hydrogens is 211 g/mol. The minimum absolute atomic E-state index is 0.410. The first-order valence-electron chi connectivity index (χ1n) is 5.42. The largest absolute Gasteiger partial charge is 0.473 e. The van der Waals surface area contributed by atoms with Crippen molar-refractivity contribution in [3.8, 4) is 0 Å². The fourth-order valence-corrected chi connectivity index (χ4v) is 2.32. The Bertz CT molecular complexity index is 854. The van der Waals surface area contributed by atoms with Crippen LogP contribution in [-0.4, -0.2) is 7.85 Å². The molecular formula is C14H7BO2. The van der Waals surface area contributed by atoms with Crippen molar-refractivity contribution in [1.82, 2.24) is 0 Å². The maximum Gasteiger partial charge on any atom is 0.167 e. The van der Waals surface area contributed by atoms with Gasteiger partial charge in [-0.25, -0.2) is 0 Å². The zero-order valence-electron chi connectivity index (χ0n) is 8.94. The van der Waals surface area contributed by atoms with Crippen molar-refractivity contribution in [2.75, 3.05) is 0 Å². The van der Waals surface area contributed by atoms with Crippen LogP contribution in [0.25, 0.3) is 32.9 Å². The molecule has 78 valence electrons. The van der Waals surface area contributed by atoms with Crippen molar-refractivity contribution in [3.63, 3.8) is 0 Å². The summed E-state index contributed by atoms with van der Waals surface area (Å²) in [5.41, 5.74) is 2.89. The van der Waals surface area contributed by atoms with Crippen molar-refractivity contribution in [2.45, 2.75) is 0 Å². The zero-order chi connectivity index (χ0) is 11.4. The number of rotatable bonds is 0. The van der Waals surface area contributed by atoms with E-state index >= 15 is 0 Å². The second-order valence-corrected chi connectivity index (χ2v) is 4.10. The van der Waals surface area contributed by atoms with E-state index < -0.39 is 0 Å². The minimum Gasteiger partial charge on any atom is -0.473 e. The van der Waals surface area contributed by atoms with Crippen molar-refractivity contribution in [1.29, 1.82) is 0 Å². The van der Waals surface area contributed by atoms with E-state index in [-0.39, 0.29) is 0 Å². The molecule has 2 radical (unpaired) electrons. The van der Waals surface area contributed by atoms with Gasteiger partial charge in [-0.05, 0) is 24.3 Å². The Morgan fingerprint density at radius 1 is 0.765 bits per heavy atom. The van der Waals surface area contributed by atoms with Crippen LogP contribution in [0.5, 0.6) is 0 Å². The fourth-order valence-electron chi connectivity index (χ4n) is 2.32. The summed E-state index contributed by atoms with van der Waals surface area (Å²) in [6.07, 6.45) is 0. The van der Waals surface area contributed by atoms with Gasteiger partial charge < -0.3 is 8.83 Å². The number of benzene rings is 2. The van der Waals surface area contributed by atoms with E-state index in [1.165, 1.54) is 0 Å². The molecule has 0 unspecified atom stereocenters. The SMILES string of the molecule is [B]c1cc2c(ccc3c4ccccc4oc23)o1. The molecule has 2 aromatic heterocycles. The summed E-state index contributed by atoms with van der Waals surface area (Å²) >= 11 is 0. The van der Waals surface area contributed by atoms with Gasteiger partial charge in [-0.3, -0.25) is 0 Å². The molecule has 0 aliphatic carbocycles. The van der Waals surface area contributed by atoms with Gasteiger partial charge >= 0.3 is 0 Å². The fraction of sp³-hybridized carbons (Fsp3) is 0. The Morgan fingerprint density at radius 3 is 2.53 bits per heavy atom. The van der Waals surface area contributed by atoms with Gasteiger partial charge in [-0.1, -0.05) is 18.2 Å². The first kappa shape index (κ1) is 8.94. The van der Waals surface area contributed by atoms with Crippen LogP contribution in [0, 0.1) is 0 Å². The molecule has 0 amide bonds. The molecule has 2 aromatic carbocycles. The molecule has 0 fully saturated rings. The summed E-state index contributed by atoms with van der Waals surface area (Å²) in [6.45, 7) is 0. The van der Waals surface area contributed by atoms with Crippen LogP contribution in [-0.2, 0) is 0 Å². The van der Waals surface area contributed by atoms with Gasteiger partial charge in [0, 0.05) is 16.4 Å². The van der Waals surface area contributed by atoms with E-state index in [4.69, 9.17) is 16.7 Å². The Hall–Kier alpha value is -2.16. The van der Waals surface area contributed by atoms with Crippen molar-refractivity contribution < 1.29 is 8.83 Å². The summed E-state index contributed by atoms with van der Waals surface area (Å²) in [5.74, 6) is 0. The molecule has 0 bridgehead atoms. The van der Waals surface area contributed by atoms with Gasteiger partial charge in [0.15, 0.2) is 7.85 Å². The number of para-hydroxylation sites is 1. The van der Waals surface area contributed by atoms with Crippen molar-refractivity contribution >= 4 is 46.4 Å². The Morgan fingerprint density at radius 2 is 1.59 bits per heavy atom. The minimum atomic E-state index is 0.410. The van der Waals surface area contributed by atoms with Crippen LogP contribution < -0.4 is 5.66 Å². The topological polar surface area (TPSA) is 26.3 Å². The lowest BCUT2D eigenvalue weighted by Crippen LogP contribution is -1.92. The van der Waals surface area contributed by atoms with Gasteiger partial charge in [0.25, 0.3) is 0 Å². The smallest absolute Gasteiger partial charge is 0.167 e. The van der Waals surface area contributed by atoms with E-state index in [1.807, 2.05) is 30.3 Å². The van der Waals surface area contributed by atoms with Crippen molar-refractivity contribution in [3.05, 3.63) is 42.5 Å². The molecule has 2 heterocycles. The molecule has 0 aliphatic rings. The third-order valence-electron chi connectivity index (χ3n) is 3.06. The van der Waals surface area contributed by atoms with Crippen LogP contribution in [0.3, 0.4) is 0 Å². The van der Waals surface area contributed by atoms with E-state index in [1.54, 1.807) is 6.07 Å². The number of furan rings is 2. The maximum atomic E-state index is 5.86. The summed E-state index contributed by atoms with van der Waals surface area (Å²) in [7, 11) is 5.67. The summed E-state index contributed by atoms with van der Waals surface area (Å²) in [4.78, 5) is 0.